The van der Waals surface area contributed by atoms with E-state index in [-0.39, 0.29) is 11.9 Å². The Morgan fingerprint density at radius 2 is 2.13 bits per heavy atom. The summed E-state index contributed by atoms with van der Waals surface area (Å²) in [5.41, 5.74) is 0.928. The molecule has 0 saturated carbocycles. The highest BCUT2D eigenvalue weighted by molar-refractivity contribution is 7.87. The lowest BCUT2D eigenvalue weighted by Crippen LogP contribution is -2.25. The van der Waals surface area contributed by atoms with Crippen LogP contribution in [-0.4, -0.2) is 40.0 Å². The maximum absolute atomic E-state index is 12.0. The van der Waals surface area contributed by atoms with Crippen molar-refractivity contribution >= 4 is 10.1 Å². The summed E-state index contributed by atoms with van der Waals surface area (Å²) >= 11 is 0. The fourth-order valence-electron chi connectivity index (χ4n) is 2.30. The first-order valence-corrected chi connectivity index (χ1v) is 9.32. The molecule has 0 aromatic heterocycles. The summed E-state index contributed by atoms with van der Waals surface area (Å²) in [7, 11) is -2.17. The first kappa shape index (κ1) is 18.0. The van der Waals surface area contributed by atoms with Gasteiger partial charge in [-0.3, -0.25) is 0 Å². The molecule has 1 saturated heterocycles. The molecule has 1 N–H and O–H groups in total. The van der Waals surface area contributed by atoms with Gasteiger partial charge in [-0.15, -0.1) is 0 Å². The van der Waals surface area contributed by atoms with Gasteiger partial charge in [-0.25, -0.2) is 0 Å². The Labute approximate surface area is 138 Å². The van der Waals surface area contributed by atoms with Crippen LogP contribution in [0.15, 0.2) is 18.2 Å². The van der Waals surface area contributed by atoms with Gasteiger partial charge in [-0.1, -0.05) is 6.07 Å². The van der Waals surface area contributed by atoms with Crippen LogP contribution < -0.4 is 14.2 Å². The molecule has 1 heterocycles. The molecule has 130 valence electrons. The number of ether oxygens (including phenoxy) is 2. The topological polar surface area (TPSA) is 73.9 Å². The fraction of sp³-hybridized carbons (Fsp3) is 0.625. The van der Waals surface area contributed by atoms with E-state index in [2.05, 4.69) is 5.32 Å². The molecule has 0 aliphatic carbocycles. The van der Waals surface area contributed by atoms with E-state index in [4.69, 9.17) is 13.7 Å². The van der Waals surface area contributed by atoms with Crippen LogP contribution in [0.1, 0.15) is 32.3 Å². The van der Waals surface area contributed by atoms with Crippen molar-refractivity contribution < 1.29 is 22.1 Å². The van der Waals surface area contributed by atoms with Gasteiger partial charge in [0.05, 0.1) is 18.5 Å². The Morgan fingerprint density at radius 3 is 2.74 bits per heavy atom. The van der Waals surface area contributed by atoms with Gasteiger partial charge in [0.25, 0.3) is 0 Å². The monoisotopic (exact) mass is 343 g/mol. The first-order chi connectivity index (χ1) is 10.9. The van der Waals surface area contributed by atoms with Crippen molar-refractivity contribution in [1.29, 1.82) is 0 Å². The second-order valence-electron chi connectivity index (χ2n) is 5.88. The summed E-state index contributed by atoms with van der Waals surface area (Å²) in [5.74, 6) is 0.620. The van der Waals surface area contributed by atoms with Crippen LogP contribution in [-0.2, 0) is 21.4 Å². The van der Waals surface area contributed by atoms with Crippen molar-refractivity contribution in [2.24, 2.45) is 0 Å². The lowest BCUT2D eigenvalue weighted by Gasteiger charge is -2.15. The summed E-state index contributed by atoms with van der Waals surface area (Å²) < 4.78 is 39.9. The van der Waals surface area contributed by atoms with Gasteiger partial charge >= 0.3 is 10.1 Å². The zero-order valence-electron chi connectivity index (χ0n) is 13.9. The molecule has 0 radical (unpaired) electrons. The van der Waals surface area contributed by atoms with E-state index in [0.717, 1.165) is 31.6 Å². The number of rotatable bonds is 8. The van der Waals surface area contributed by atoms with E-state index in [1.807, 2.05) is 6.07 Å². The highest BCUT2D eigenvalue weighted by Gasteiger charge is 2.21. The van der Waals surface area contributed by atoms with Gasteiger partial charge in [0, 0.05) is 19.7 Å². The van der Waals surface area contributed by atoms with E-state index in [9.17, 15) is 8.42 Å². The predicted molar refractivity (Wildman–Crippen MR) is 88.4 cm³/mol. The first-order valence-electron chi connectivity index (χ1n) is 7.85. The van der Waals surface area contributed by atoms with E-state index >= 15 is 0 Å². The predicted octanol–water partition coefficient (Wildman–Crippen LogP) is 2.08. The Morgan fingerprint density at radius 1 is 1.35 bits per heavy atom. The van der Waals surface area contributed by atoms with Gasteiger partial charge in [-0.05, 0) is 44.4 Å². The molecule has 2 rings (SSSR count). The third kappa shape index (κ3) is 5.09. The molecule has 1 fully saturated rings. The smallest absolute Gasteiger partial charge is 0.311 e. The summed E-state index contributed by atoms with van der Waals surface area (Å²) in [6, 6.07) is 5.30. The molecular formula is C16H25NO5S. The average Bonchev–Trinajstić information content (AvgIpc) is 3.00. The number of nitrogens with one attached hydrogen (secondary N) is 1. The van der Waals surface area contributed by atoms with Gasteiger partial charge < -0.3 is 19.0 Å². The van der Waals surface area contributed by atoms with Crippen LogP contribution in [0.25, 0.3) is 0 Å². The van der Waals surface area contributed by atoms with Crippen molar-refractivity contribution in [3.63, 3.8) is 0 Å². The van der Waals surface area contributed by atoms with Crippen molar-refractivity contribution in [3.8, 4) is 11.5 Å². The normalized spacial score (nSPS) is 18.3. The van der Waals surface area contributed by atoms with E-state index in [0.29, 0.717) is 12.3 Å². The van der Waals surface area contributed by atoms with E-state index in [1.165, 1.54) is 7.11 Å². The van der Waals surface area contributed by atoms with Crippen LogP contribution in [0.4, 0.5) is 0 Å². The Balaban J connectivity index is 2.02. The lowest BCUT2D eigenvalue weighted by atomic mass is 10.2. The number of benzene rings is 1. The standard InChI is InChI=1S/C16H25NO5S/c1-12(2)23(18,19)22-16-9-13(6-7-15(16)20-3)10-17-11-14-5-4-8-21-14/h6-7,9,12,14,17H,4-5,8,10-11H2,1-3H3. The van der Waals surface area contributed by atoms with Gasteiger partial charge in [0.2, 0.25) is 0 Å². The number of hydrogen-bond donors (Lipinski definition) is 1. The Hall–Kier alpha value is -1.31. The summed E-state index contributed by atoms with van der Waals surface area (Å²) in [6.45, 7) is 5.39. The van der Waals surface area contributed by atoms with Crippen LogP contribution in [0, 0.1) is 0 Å². The molecule has 1 unspecified atom stereocenters. The van der Waals surface area contributed by atoms with Crippen molar-refractivity contribution in [1.82, 2.24) is 5.32 Å². The van der Waals surface area contributed by atoms with Gasteiger partial charge in [-0.2, -0.15) is 8.42 Å². The number of hydrogen-bond acceptors (Lipinski definition) is 6. The molecule has 1 aliphatic rings. The maximum atomic E-state index is 12.0. The van der Waals surface area contributed by atoms with Gasteiger partial charge in [0.1, 0.15) is 0 Å². The Bertz CT molecular complexity index is 609. The van der Waals surface area contributed by atoms with E-state index in [1.54, 1.807) is 26.0 Å². The number of methoxy groups -OCH3 is 1. The maximum Gasteiger partial charge on any atom is 0.311 e. The molecule has 7 heteroatoms. The SMILES string of the molecule is COc1ccc(CNCC2CCCO2)cc1OS(=O)(=O)C(C)C. The molecule has 1 atom stereocenters. The zero-order valence-corrected chi connectivity index (χ0v) is 14.7. The van der Waals surface area contributed by atoms with Crippen LogP contribution >= 0.6 is 0 Å². The molecule has 0 spiro atoms. The summed E-state index contributed by atoms with van der Waals surface area (Å²) in [5, 5.41) is 2.71. The van der Waals surface area contributed by atoms with Crippen molar-refractivity contribution in [3.05, 3.63) is 23.8 Å². The minimum absolute atomic E-state index is 0.220. The quantitative estimate of drug-likeness (QED) is 0.729. The van der Waals surface area contributed by atoms with Crippen molar-refractivity contribution in [2.45, 2.75) is 44.6 Å². The zero-order chi connectivity index (χ0) is 16.9. The van der Waals surface area contributed by atoms with Crippen LogP contribution in [0.5, 0.6) is 11.5 Å². The third-order valence-electron chi connectivity index (χ3n) is 3.74. The molecule has 0 amide bonds. The highest BCUT2D eigenvalue weighted by Crippen LogP contribution is 2.30. The van der Waals surface area contributed by atoms with Crippen LogP contribution in [0.2, 0.25) is 0 Å². The molecule has 6 nitrogen and oxygen atoms in total. The molecule has 1 aliphatic heterocycles. The molecule has 1 aromatic carbocycles. The molecule has 0 bridgehead atoms. The van der Waals surface area contributed by atoms with E-state index < -0.39 is 15.4 Å². The second kappa shape index (κ2) is 7.99. The lowest BCUT2D eigenvalue weighted by molar-refractivity contribution is 0.110. The highest BCUT2D eigenvalue weighted by atomic mass is 32.2. The molecular weight excluding hydrogens is 318 g/mol. The minimum atomic E-state index is -3.65. The second-order valence-corrected chi connectivity index (χ2v) is 7.97. The van der Waals surface area contributed by atoms with Crippen LogP contribution in [0.3, 0.4) is 0 Å². The fourth-order valence-corrected chi connectivity index (χ4v) is 2.87. The van der Waals surface area contributed by atoms with Gasteiger partial charge in [0.15, 0.2) is 11.5 Å². The third-order valence-corrected chi connectivity index (χ3v) is 5.30. The Kier molecular flexibility index (Phi) is 6.26. The minimum Gasteiger partial charge on any atom is -0.493 e. The summed E-state index contributed by atoms with van der Waals surface area (Å²) in [6.07, 6.45) is 2.46. The van der Waals surface area contributed by atoms with Crippen molar-refractivity contribution in [2.75, 3.05) is 20.3 Å². The summed E-state index contributed by atoms with van der Waals surface area (Å²) in [4.78, 5) is 0. The molecule has 1 aromatic rings. The largest absolute Gasteiger partial charge is 0.493 e. The average molecular weight is 343 g/mol. The molecule has 23 heavy (non-hydrogen) atoms.